The number of nitrogens with two attached hydrogens (primary N) is 1. The molecule has 1 aromatic heterocycles. The molecule has 1 saturated carbocycles. The number of carboxylic acids is 1. The molecule has 20 heavy (non-hydrogen) atoms. The molecule has 0 aliphatic heterocycles. The SMILES string of the molecule is NC1(CC(=O)N[C@H](Cc2cnc[nH]2)C(=O)O)CCCC1. The van der Waals surface area contributed by atoms with E-state index in [0.717, 1.165) is 25.7 Å². The molecule has 1 aliphatic rings. The van der Waals surface area contributed by atoms with E-state index in [1.165, 1.54) is 6.33 Å². The zero-order valence-electron chi connectivity index (χ0n) is 11.3. The molecule has 5 N–H and O–H groups in total. The second kappa shape index (κ2) is 6.04. The van der Waals surface area contributed by atoms with Gasteiger partial charge >= 0.3 is 5.97 Å². The van der Waals surface area contributed by atoms with Gasteiger partial charge in [-0.3, -0.25) is 4.79 Å². The molecule has 0 spiro atoms. The van der Waals surface area contributed by atoms with Gasteiger partial charge in [0, 0.05) is 30.3 Å². The highest BCUT2D eigenvalue weighted by Gasteiger charge is 2.33. The molecule has 0 bridgehead atoms. The smallest absolute Gasteiger partial charge is 0.326 e. The molecule has 0 unspecified atom stereocenters. The first-order chi connectivity index (χ1) is 9.48. The van der Waals surface area contributed by atoms with Crippen molar-refractivity contribution in [1.82, 2.24) is 15.3 Å². The van der Waals surface area contributed by atoms with Crippen molar-refractivity contribution in [1.29, 1.82) is 0 Å². The predicted molar refractivity (Wildman–Crippen MR) is 71.9 cm³/mol. The summed E-state index contributed by atoms with van der Waals surface area (Å²) >= 11 is 0. The minimum absolute atomic E-state index is 0.179. The fraction of sp³-hybridized carbons (Fsp3) is 0.615. The third-order valence-corrected chi connectivity index (χ3v) is 3.72. The van der Waals surface area contributed by atoms with Crippen LogP contribution in [0.4, 0.5) is 0 Å². The molecule has 1 fully saturated rings. The lowest BCUT2D eigenvalue weighted by molar-refractivity contribution is -0.142. The summed E-state index contributed by atoms with van der Waals surface area (Å²) in [4.78, 5) is 29.8. The Kier molecular flexibility index (Phi) is 4.39. The Labute approximate surface area is 117 Å². The van der Waals surface area contributed by atoms with Crippen molar-refractivity contribution < 1.29 is 14.7 Å². The summed E-state index contributed by atoms with van der Waals surface area (Å²) in [6.45, 7) is 0. The normalized spacial score (nSPS) is 18.6. The van der Waals surface area contributed by atoms with Crippen molar-refractivity contribution in [3.05, 3.63) is 18.2 Å². The molecule has 0 aromatic carbocycles. The number of hydrogen-bond donors (Lipinski definition) is 4. The molecule has 7 heteroatoms. The minimum atomic E-state index is -1.06. The van der Waals surface area contributed by atoms with Crippen LogP contribution in [0.1, 0.15) is 37.8 Å². The minimum Gasteiger partial charge on any atom is -0.480 e. The third-order valence-electron chi connectivity index (χ3n) is 3.72. The molecule has 110 valence electrons. The highest BCUT2D eigenvalue weighted by molar-refractivity contribution is 5.84. The maximum Gasteiger partial charge on any atom is 0.326 e. The van der Waals surface area contributed by atoms with Crippen molar-refractivity contribution in [3.8, 4) is 0 Å². The molecule has 1 amide bonds. The van der Waals surface area contributed by atoms with Crippen molar-refractivity contribution >= 4 is 11.9 Å². The number of nitrogens with zero attached hydrogens (tertiary/aromatic N) is 1. The van der Waals surface area contributed by atoms with Crippen molar-refractivity contribution in [2.45, 2.75) is 50.1 Å². The Morgan fingerprint density at radius 3 is 2.75 bits per heavy atom. The number of rotatable bonds is 6. The summed E-state index contributed by atoms with van der Waals surface area (Å²) in [5.74, 6) is -1.37. The van der Waals surface area contributed by atoms with Crippen LogP contribution in [0.3, 0.4) is 0 Å². The Balaban J connectivity index is 1.90. The van der Waals surface area contributed by atoms with Crippen molar-refractivity contribution in [3.63, 3.8) is 0 Å². The van der Waals surface area contributed by atoms with E-state index in [1.807, 2.05) is 0 Å². The summed E-state index contributed by atoms with van der Waals surface area (Å²) in [6, 6.07) is -0.965. The molecule has 1 atom stereocenters. The largest absolute Gasteiger partial charge is 0.480 e. The maximum absolute atomic E-state index is 12.0. The zero-order chi connectivity index (χ0) is 14.6. The lowest BCUT2D eigenvalue weighted by Gasteiger charge is -2.23. The molecule has 1 aliphatic carbocycles. The van der Waals surface area contributed by atoms with Crippen LogP contribution in [0.2, 0.25) is 0 Å². The second-order valence-electron chi connectivity index (χ2n) is 5.49. The number of imidazole rings is 1. The highest BCUT2D eigenvalue weighted by atomic mass is 16.4. The summed E-state index contributed by atoms with van der Waals surface area (Å²) < 4.78 is 0. The van der Waals surface area contributed by atoms with Crippen LogP contribution in [-0.4, -0.2) is 38.5 Å². The van der Waals surface area contributed by atoms with Crippen LogP contribution in [0.15, 0.2) is 12.5 Å². The Bertz CT molecular complexity index is 466. The Morgan fingerprint density at radius 1 is 1.50 bits per heavy atom. The van der Waals surface area contributed by atoms with Crippen LogP contribution < -0.4 is 11.1 Å². The van der Waals surface area contributed by atoms with Gasteiger partial charge in [-0.05, 0) is 12.8 Å². The van der Waals surface area contributed by atoms with Crippen LogP contribution in [0.5, 0.6) is 0 Å². The number of aromatic nitrogens is 2. The fourth-order valence-electron chi connectivity index (χ4n) is 2.64. The fourth-order valence-corrected chi connectivity index (χ4v) is 2.64. The summed E-state index contributed by atoms with van der Waals surface area (Å²) in [6.07, 6.45) is 7.07. The van der Waals surface area contributed by atoms with Crippen molar-refractivity contribution in [2.24, 2.45) is 5.73 Å². The van der Waals surface area contributed by atoms with Gasteiger partial charge in [-0.25, -0.2) is 9.78 Å². The predicted octanol–water partition coefficient (Wildman–Crippen LogP) is 0.183. The Hall–Kier alpha value is -1.89. The van der Waals surface area contributed by atoms with Gasteiger partial charge < -0.3 is 21.1 Å². The molecular weight excluding hydrogens is 260 g/mol. The number of carbonyl (C=O) groups excluding carboxylic acids is 1. The van der Waals surface area contributed by atoms with E-state index in [0.29, 0.717) is 5.69 Å². The molecule has 1 aromatic rings. The molecule has 7 nitrogen and oxygen atoms in total. The van der Waals surface area contributed by atoms with Crippen LogP contribution in [-0.2, 0) is 16.0 Å². The topological polar surface area (TPSA) is 121 Å². The number of carboxylic acid groups (broad SMARTS) is 1. The number of carbonyl (C=O) groups is 2. The quantitative estimate of drug-likeness (QED) is 0.592. The van der Waals surface area contributed by atoms with E-state index in [1.54, 1.807) is 6.20 Å². The van der Waals surface area contributed by atoms with Crippen LogP contribution >= 0.6 is 0 Å². The first kappa shape index (κ1) is 14.5. The number of H-pyrrole nitrogens is 1. The van der Waals surface area contributed by atoms with E-state index >= 15 is 0 Å². The van der Waals surface area contributed by atoms with E-state index in [4.69, 9.17) is 10.8 Å². The first-order valence-electron chi connectivity index (χ1n) is 6.77. The zero-order valence-corrected chi connectivity index (χ0v) is 11.3. The lowest BCUT2D eigenvalue weighted by Crippen LogP contribution is -2.47. The number of aliphatic carboxylic acids is 1. The maximum atomic E-state index is 12.0. The number of aromatic amines is 1. The molecule has 0 radical (unpaired) electrons. The van der Waals surface area contributed by atoms with Crippen molar-refractivity contribution in [2.75, 3.05) is 0 Å². The molecular formula is C13H20N4O3. The highest BCUT2D eigenvalue weighted by Crippen LogP contribution is 2.29. The summed E-state index contributed by atoms with van der Waals surface area (Å²) in [5, 5.41) is 11.7. The standard InChI is InChI=1S/C13H20N4O3/c14-13(3-1-2-4-13)6-11(18)17-10(12(19)20)5-9-7-15-8-16-9/h7-8,10H,1-6,14H2,(H,15,16)(H,17,18)(H,19,20)/t10-/m1/s1. The van der Waals surface area contributed by atoms with Gasteiger partial charge in [-0.15, -0.1) is 0 Å². The third kappa shape index (κ3) is 3.80. The molecule has 1 heterocycles. The van der Waals surface area contributed by atoms with Crippen LogP contribution in [0.25, 0.3) is 0 Å². The first-order valence-corrected chi connectivity index (χ1v) is 6.77. The second-order valence-corrected chi connectivity index (χ2v) is 5.49. The van der Waals surface area contributed by atoms with Gasteiger partial charge in [-0.2, -0.15) is 0 Å². The van der Waals surface area contributed by atoms with E-state index < -0.39 is 17.6 Å². The van der Waals surface area contributed by atoms with Gasteiger partial charge in [0.25, 0.3) is 0 Å². The molecule has 2 rings (SSSR count). The van der Waals surface area contributed by atoms with E-state index in [2.05, 4.69) is 15.3 Å². The Morgan fingerprint density at radius 2 is 2.20 bits per heavy atom. The van der Waals surface area contributed by atoms with E-state index in [9.17, 15) is 9.59 Å². The number of nitrogens with one attached hydrogen (secondary N) is 2. The van der Waals surface area contributed by atoms with Gasteiger partial charge in [0.05, 0.1) is 6.33 Å². The lowest BCUT2D eigenvalue weighted by atomic mass is 9.94. The van der Waals surface area contributed by atoms with Gasteiger partial charge in [-0.1, -0.05) is 12.8 Å². The average Bonchev–Trinajstić information content (AvgIpc) is 3.00. The summed E-state index contributed by atoms with van der Waals surface area (Å²) in [5.41, 5.74) is 6.32. The van der Waals surface area contributed by atoms with Crippen LogP contribution in [0, 0.1) is 0 Å². The number of amides is 1. The summed E-state index contributed by atoms with van der Waals surface area (Å²) in [7, 11) is 0. The average molecular weight is 280 g/mol. The van der Waals surface area contributed by atoms with Gasteiger partial charge in [0.1, 0.15) is 6.04 Å². The number of hydrogen-bond acceptors (Lipinski definition) is 4. The van der Waals surface area contributed by atoms with Gasteiger partial charge in [0.2, 0.25) is 5.91 Å². The van der Waals surface area contributed by atoms with Gasteiger partial charge in [0.15, 0.2) is 0 Å². The molecule has 0 saturated heterocycles. The van der Waals surface area contributed by atoms with E-state index in [-0.39, 0.29) is 18.7 Å². The monoisotopic (exact) mass is 280 g/mol.